The molecule has 0 aromatic heterocycles. The summed E-state index contributed by atoms with van der Waals surface area (Å²) in [4.78, 5) is 2.64. The van der Waals surface area contributed by atoms with E-state index < -0.39 is 0 Å². The Hall–Kier alpha value is -1.08. The van der Waals surface area contributed by atoms with E-state index in [0.717, 1.165) is 6.42 Å². The Morgan fingerprint density at radius 2 is 1.71 bits per heavy atom. The number of nitrogens with zero attached hydrogens (tertiary/aromatic N) is 1. The van der Waals surface area contributed by atoms with Crippen LogP contribution in [0.5, 0.6) is 0 Å². The fraction of sp³-hybridized carbons (Fsp3) is 0.500. The lowest BCUT2D eigenvalue weighted by molar-refractivity contribution is 0.206. The van der Waals surface area contributed by atoms with Gasteiger partial charge in [0.2, 0.25) is 0 Å². The van der Waals surface area contributed by atoms with Gasteiger partial charge >= 0.3 is 0 Å². The zero-order chi connectivity index (χ0) is 11.9. The fourth-order valence-electron chi connectivity index (χ4n) is 2.74. The molecule has 0 N–H and O–H groups in total. The maximum Gasteiger partial charge on any atom is 0.0382 e. The highest BCUT2D eigenvalue weighted by atomic mass is 15.2. The van der Waals surface area contributed by atoms with Gasteiger partial charge in [0.15, 0.2) is 0 Å². The third-order valence-electron chi connectivity index (χ3n) is 3.66. The molecule has 1 nitrogen and oxygen atoms in total. The molecule has 0 saturated carbocycles. The molecule has 1 saturated heterocycles. The summed E-state index contributed by atoms with van der Waals surface area (Å²) in [6.45, 7) is 6.40. The summed E-state index contributed by atoms with van der Waals surface area (Å²) < 4.78 is 0. The van der Waals surface area contributed by atoms with E-state index in [0.29, 0.717) is 6.04 Å². The number of rotatable bonds is 4. The van der Waals surface area contributed by atoms with Crippen LogP contribution in [-0.2, 0) is 0 Å². The Balaban J connectivity index is 2.12. The molecule has 2 rings (SSSR count). The Morgan fingerprint density at radius 1 is 1.06 bits per heavy atom. The lowest BCUT2D eigenvalue weighted by atomic mass is 10.0. The van der Waals surface area contributed by atoms with Gasteiger partial charge in [0.1, 0.15) is 0 Å². The molecule has 92 valence electrons. The summed E-state index contributed by atoms with van der Waals surface area (Å²) in [5.74, 6) is 0. The van der Waals surface area contributed by atoms with E-state index in [4.69, 9.17) is 0 Å². The van der Waals surface area contributed by atoms with E-state index >= 15 is 0 Å². The average molecular weight is 229 g/mol. The van der Waals surface area contributed by atoms with Gasteiger partial charge in [-0.1, -0.05) is 49.2 Å². The molecule has 1 aromatic rings. The van der Waals surface area contributed by atoms with Crippen LogP contribution < -0.4 is 0 Å². The Labute approximate surface area is 105 Å². The first-order chi connectivity index (χ1) is 8.42. The summed E-state index contributed by atoms with van der Waals surface area (Å²) in [7, 11) is 0. The second kappa shape index (κ2) is 6.61. The normalized spacial score (nSPS) is 19.5. The van der Waals surface area contributed by atoms with Crippen molar-refractivity contribution >= 4 is 0 Å². The van der Waals surface area contributed by atoms with Crippen molar-refractivity contribution in [1.82, 2.24) is 4.90 Å². The highest BCUT2D eigenvalue weighted by Crippen LogP contribution is 2.27. The van der Waals surface area contributed by atoms with E-state index in [9.17, 15) is 0 Å². The minimum Gasteiger partial charge on any atom is -0.296 e. The van der Waals surface area contributed by atoms with Crippen LogP contribution in [0.4, 0.5) is 0 Å². The summed E-state index contributed by atoms with van der Waals surface area (Å²) in [6, 6.07) is 11.4. The number of benzene rings is 1. The summed E-state index contributed by atoms with van der Waals surface area (Å²) in [5, 5.41) is 0. The van der Waals surface area contributed by atoms with Crippen LogP contribution in [0.2, 0.25) is 0 Å². The standard InChI is InChI=1S/C16H23N/c1-2-10-16(15-11-6-5-7-12-15)17-13-8-3-4-9-14-17/h2,5-7,11-12,16H,1,3-4,8-10,13-14H2. The van der Waals surface area contributed by atoms with E-state index in [1.807, 2.05) is 0 Å². The van der Waals surface area contributed by atoms with Crippen LogP contribution >= 0.6 is 0 Å². The Morgan fingerprint density at radius 3 is 2.29 bits per heavy atom. The molecule has 1 fully saturated rings. The lowest BCUT2D eigenvalue weighted by Gasteiger charge is -2.30. The van der Waals surface area contributed by atoms with Gasteiger partial charge in [-0.25, -0.2) is 0 Å². The first-order valence-electron chi connectivity index (χ1n) is 6.81. The number of hydrogen-bond acceptors (Lipinski definition) is 1. The monoisotopic (exact) mass is 229 g/mol. The zero-order valence-corrected chi connectivity index (χ0v) is 10.6. The summed E-state index contributed by atoms with van der Waals surface area (Å²) in [6.07, 6.45) is 8.60. The Bertz CT molecular complexity index is 323. The molecule has 1 aromatic carbocycles. The maximum absolute atomic E-state index is 3.92. The molecule has 17 heavy (non-hydrogen) atoms. The molecule has 0 radical (unpaired) electrons. The zero-order valence-electron chi connectivity index (χ0n) is 10.6. The molecule has 0 bridgehead atoms. The second-order valence-electron chi connectivity index (χ2n) is 4.90. The van der Waals surface area contributed by atoms with Crippen LogP contribution in [0.1, 0.15) is 43.7 Å². The third kappa shape index (κ3) is 3.44. The fourth-order valence-corrected chi connectivity index (χ4v) is 2.74. The first kappa shape index (κ1) is 12.4. The molecule has 0 amide bonds. The topological polar surface area (TPSA) is 3.24 Å². The smallest absolute Gasteiger partial charge is 0.0382 e. The largest absolute Gasteiger partial charge is 0.296 e. The van der Waals surface area contributed by atoms with Crippen molar-refractivity contribution in [3.05, 3.63) is 48.6 Å². The number of hydrogen-bond donors (Lipinski definition) is 0. The molecule has 1 heteroatoms. The highest BCUT2D eigenvalue weighted by molar-refractivity contribution is 5.19. The molecule has 1 aliphatic rings. The molecule has 1 heterocycles. The van der Waals surface area contributed by atoms with E-state index in [1.54, 1.807) is 0 Å². The van der Waals surface area contributed by atoms with Crippen molar-refractivity contribution in [2.45, 2.75) is 38.1 Å². The van der Waals surface area contributed by atoms with Crippen molar-refractivity contribution in [3.63, 3.8) is 0 Å². The minimum absolute atomic E-state index is 0.534. The third-order valence-corrected chi connectivity index (χ3v) is 3.66. The van der Waals surface area contributed by atoms with Crippen LogP contribution in [0.3, 0.4) is 0 Å². The van der Waals surface area contributed by atoms with Crippen LogP contribution in [0, 0.1) is 0 Å². The molecular weight excluding hydrogens is 206 g/mol. The van der Waals surface area contributed by atoms with Crippen molar-refractivity contribution in [1.29, 1.82) is 0 Å². The molecule has 1 unspecified atom stereocenters. The van der Waals surface area contributed by atoms with E-state index in [2.05, 4.69) is 47.9 Å². The summed E-state index contributed by atoms with van der Waals surface area (Å²) in [5.41, 5.74) is 1.44. The van der Waals surface area contributed by atoms with Crippen LogP contribution in [-0.4, -0.2) is 18.0 Å². The van der Waals surface area contributed by atoms with Gasteiger partial charge in [-0.15, -0.1) is 6.58 Å². The molecule has 0 aliphatic carbocycles. The summed E-state index contributed by atoms with van der Waals surface area (Å²) >= 11 is 0. The highest BCUT2D eigenvalue weighted by Gasteiger charge is 2.19. The second-order valence-corrected chi connectivity index (χ2v) is 4.90. The molecule has 1 aliphatic heterocycles. The Kier molecular flexibility index (Phi) is 4.81. The molecule has 0 spiro atoms. The predicted octanol–water partition coefficient (Wildman–Crippen LogP) is 4.18. The van der Waals surface area contributed by atoms with Gasteiger partial charge in [-0.2, -0.15) is 0 Å². The molecular formula is C16H23N. The van der Waals surface area contributed by atoms with E-state index in [-0.39, 0.29) is 0 Å². The SMILES string of the molecule is C=CCC(c1ccccc1)N1CCCCCC1. The van der Waals surface area contributed by atoms with Gasteiger partial charge in [0, 0.05) is 6.04 Å². The van der Waals surface area contributed by atoms with E-state index in [1.165, 1.54) is 44.3 Å². The predicted molar refractivity (Wildman–Crippen MR) is 74.0 cm³/mol. The average Bonchev–Trinajstić information content (AvgIpc) is 2.66. The molecule has 1 atom stereocenters. The van der Waals surface area contributed by atoms with Crippen LogP contribution in [0.15, 0.2) is 43.0 Å². The lowest BCUT2D eigenvalue weighted by Crippen LogP contribution is -2.29. The first-order valence-corrected chi connectivity index (χ1v) is 6.81. The quantitative estimate of drug-likeness (QED) is 0.700. The number of likely N-dealkylation sites (tertiary alicyclic amines) is 1. The van der Waals surface area contributed by atoms with Gasteiger partial charge < -0.3 is 0 Å². The van der Waals surface area contributed by atoms with Crippen molar-refractivity contribution in [2.24, 2.45) is 0 Å². The van der Waals surface area contributed by atoms with Crippen molar-refractivity contribution < 1.29 is 0 Å². The van der Waals surface area contributed by atoms with Gasteiger partial charge in [0.25, 0.3) is 0 Å². The van der Waals surface area contributed by atoms with Gasteiger partial charge in [-0.05, 0) is 37.9 Å². The van der Waals surface area contributed by atoms with Gasteiger partial charge in [-0.3, -0.25) is 4.90 Å². The van der Waals surface area contributed by atoms with Crippen molar-refractivity contribution in [2.75, 3.05) is 13.1 Å². The maximum atomic E-state index is 3.92. The minimum atomic E-state index is 0.534. The van der Waals surface area contributed by atoms with Crippen LogP contribution in [0.25, 0.3) is 0 Å². The van der Waals surface area contributed by atoms with Crippen molar-refractivity contribution in [3.8, 4) is 0 Å². The van der Waals surface area contributed by atoms with Gasteiger partial charge in [0.05, 0.1) is 0 Å².